The van der Waals surface area contributed by atoms with Crippen LogP contribution in [0, 0.1) is 17.2 Å². The molecule has 0 amide bonds. The summed E-state index contributed by atoms with van der Waals surface area (Å²) in [5.74, 6) is 0.150. The fourth-order valence-corrected chi connectivity index (χ4v) is 1.98. The number of nitrogens with zero attached hydrogens (tertiary/aromatic N) is 1. The first-order valence-electron chi connectivity index (χ1n) is 4.06. The number of nitrogens with one attached hydrogen (secondary N) is 1. The summed E-state index contributed by atoms with van der Waals surface area (Å²) in [6.45, 7) is 8.48. The van der Waals surface area contributed by atoms with E-state index in [0.717, 1.165) is 6.42 Å². The highest BCUT2D eigenvalue weighted by atomic mass is 15.1. The van der Waals surface area contributed by atoms with E-state index in [9.17, 15) is 0 Å². The van der Waals surface area contributed by atoms with Crippen LogP contribution in [-0.2, 0) is 0 Å². The summed E-state index contributed by atoms with van der Waals surface area (Å²) in [6, 6.07) is 2.35. The minimum Gasteiger partial charge on any atom is -0.305 e. The van der Waals surface area contributed by atoms with Crippen LogP contribution in [0.25, 0.3) is 0 Å². The molecule has 1 N–H and O–H groups in total. The van der Waals surface area contributed by atoms with Crippen molar-refractivity contribution in [3.8, 4) is 6.07 Å². The predicted molar refractivity (Wildman–Crippen MR) is 45.0 cm³/mol. The summed E-state index contributed by atoms with van der Waals surface area (Å²) in [5.41, 5.74) is 0.113. The maximum absolute atomic E-state index is 8.84. The maximum Gasteiger partial charge on any atom is 0.0675 e. The molecule has 11 heavy (non-hydrogen) atoms. The van der Waals surface area contributed by atoms with Gasteiger partial charge in [-0.15, -0.1) is 0 Å². The van der Waals surface area contributed by atoms with Crippen LogP contribution >= 0.6 is 0 Å². The van der Waals surface area contributed by atoms with Crippen molar-refractivity contribution in [2.24, 2.45) is 5.92 Å². The highest BCUT2D eigenvalue weighted by Gasteiger charge is 2.43. The zero-order chi connectivity index (χ0) is 8.70. The van der Waals surface area contributed by atoms with Crippen LogP contribution in [0.5, 0.6) is 0 Å². The van der Waals surface area contributed by atoms with Crippen molar-refractivity contribution in [1.29, 1.82) is 5.26 Å². The van der Waals surface area contributed by atoms with Gasteiger partial charge in [-0.2, -0.15) is 5.26 Å². The van der Waals surface area contributed by atoms with E-state index < -0.39 is 0 Å². The van der Waals surface area contributed by atoms with Crippen LogP contribution in [0.1, 0.15) is 34.1 Å². The second-order valence-corrected chi connectivity index (χ2v) is 4.62. The summed E-state index contributed by atoms with van der Waals surface area (Å²) >= 11 is 0. The molecule has 1 fully saturated rings. The largest absolute Gasteiger partial charge is 0.305 e. The summed E-state index contributed by atoms with van der Waals surface area (Å²) in [4.78, 5) is 0. The van der Waals surface area contributed by atoms with E-state index >= 15 is 0 Å². The van der Waals surface area contributed by atoms with Crippen LogP contribution in [-0.4, -0.2) is 11.1 Å². The Labute approximate surface area is 68.6 Å². The van der Waals surface area contributed by atoms with E-state index in [1.54, 1.807) is 0 Å². The van der Waals surface area contributed by atoms with Crippen molar-refractivity contribution in [2.45, 2.75) is 45.2 Å². The molecule has 0 saturated carbocycles. The molecule has 62 valence electrons. The van der Waals surface area contributed by atoms with Gasteiger partial charge in [0.25, 0.3) is 0 Å². The summed E-state index contributed by atoms with van der Waals surface area (Å²) < 4.78 is 0. The maximum atomic E-state index is 8.84. The third-order valence-corrected chi connectivity index (χ3v) is 2.40. The first-order valence-corrected chi connectivity index (χ1v) is 4.06. The van der Waals surface area contributed by atoms with Crippen LogP contribution in [0.4, 0.5) is 0 Å². The summed E-state index contributed by atoms with van der Waals surface area (Å²) in [7, 11) is 0. The van der Waals surface area contributed by atoms with Gasteiger partial charge in [0.2, 0.25) is 0 Å². The van der Waals surface area contributed by atoms with Gasteiger partial charge >= 0.3 is 0 Å². The van der Waals surface area contributed by atoms with Crippen molar-refractivity contribution >= 4 is 0 Å². The molecule has 1 aliphatic rings. The Morgan fingerprint density at radius 2 is 1.91 bits per heavy atom. The molecule has 0 bridgehead atoms. The lowest BCUT2D eigenvalue weighted by Gasteiger charge is -2.25. The molecule has 2 heteroatoms. The average Bonchev–Trinajstić information content (AvgIpc) is 1.99. The Morgan fingerprint density at radius 1 is 1.36 bits per heavy atom. The van der Waals surface area contributed by atoms with Gasteiger partial charge in [0.05, 0.1) is 12.0 Å². The summed E-state index contributed by atoms with van der Waals surface area (Å²) in [6.07, 6.45) is 0.955. The molecule has 0 spiro atoms. The Morgan fingerprint density at radius 3 is 2.09 bits per heavy atom. The van der Waals surface area contributed by atoms with Gasteiger partial charge < -0.3 is 5.32 Å². The smallest absolute Gasteiger partial charge is 0.0675 e. The molecule has 1 saturated heterocycles. The van der Waals surface area contributed by atoms with Crippen molar-refractivity contribution < 1.29 is 0 Å². The monoisotopic (exact) mass is 152 g/mol. The number of hydrogen-bond acceptors (Lipinski definition) is 2. The molecule has 1 atom stereocenters. The van der Waals surface area contributed by atoms with Gasteiger partial charge in [-0.1, -0.05) is 0 Å². The average molecular weight is 152 g/mol. The van der Waals surface area contributed by atoms with Crippen LogP contribution in [0.2, 0.25) is 0 Å². The van der Waals surface area contributed by atoms with Gasteiger partial charge in [-0.05, 0) is 34.1 Å². The fourth-order valence-electron chi connectivity index (χ4n) is 1.98. The molecule has 0 radical (unpaired) electrons. The highest BCUT2D eigenvalue weighted by molar-refractivity contribution is 5.10. The predicted octanol–water partition coefficient (Wildman–Crippen LogP) is 1.68. The number of nitriles is 1. The van der Waals surface area contributed by atoms with Gasteiger partial charge in [-0.25, -0.2) is 0 Å². The van der Waals surface area contributed by atoms with Gasteiger partial charge in [0.15, 0.2) is 0 Å². The minimum atomic E-state index is -0.0156. The van der Waals surface area contributed by atoms with E-state index in [0.29, 0.717) is 0 Å². The second kappa shape index (κ2) is 2.22. The lowest BCUT2D eigenvalue weighted by atomic mass is 9.88. The Hall–Kier alpha value is -0.550. The zero-order valence-corrected chi connectivity index (χ0v) is 7.73. The Kier molecular flexibility index (Phi) is 1.72. The second-order valence-electron chi connectivity index (χ2n) is 4.62. The SMILES string of the molecule is CC1(C)CC(C#N)C(C)(C)N1. The topological polar surface area (TPSA) is 35.8 Å². The van der Waals surface area contributed by atoms with Crippen molar-refractivity contribution in [3.63, 3.8) is 0 Å². The van der Waals surface area contributed by atoms with Crippen molar-refractivity contribution in [2.75, 3.05) is 0 Å². The third-order valence-electron chi connectivity index (χ3n) is 2.40. The van der Waals surface area contributed by atoms with E-state index in [2.05, 4.69) is 39.1 Å². The Balaban J connectivity index is 2.81. The third kappa shape index (κ3) is 1.54. The van der Waals surface area contributed by atoms with E-state index in [1.807, 2.05) is 0 Å². The Bertz CT molecular complexity index is 198. The van der Waals surface area contributed by atoms with E-state index in [1.165, 1.54) is 0 Å². The van der Waals surface area contributed by atoms with Crippen molar-refractivity contribution in [3.05, 3.63) is 0 Å². The van der Waals surface area contributed by atoms with Gasteiger partial charge in [0.1, 0.15) is 0 Å². The standard InChI is InChI=1S/C9H16N2/c1-8(2)5-7(6-10)9(3,4)11-8/h7,11H,5H2,1-4H3. The van der Waals surface area contributed by atoms with Gasteiger partial charge in [-0.3, -0.25) is 0 Å². The molecule has 0 aromatic rings. The molecule has 1 rings (SSSR count). The molecule has 0 aromatic heterocycles. The van der Waals surface area contributed by atoms with Crippen molar-refractivity contribution in [1.82, 2.24) is 5.32 Å². The lowest BCUT2D eigenvalue weighted by Crippen LogP contribution is -2.44. The highest BCUT2D eigenvalue weighted by Crippen LogP contribution is 2.34. The van der Waals surface area contributed by atoms with Crippen LogP contribution in [0.3, 0.4) is 0 Å². The first-order chi connectivity index (χ1) is 4.87. The quantitative estimate of drug-likeness (QED) is 0.573. The molecule has 0 aliphatic carbocycles. The number of rotatable bonds is 0. The molecule has 1 aliphatic heterocycles. The normalized spacial score (nSPS) is 33.2. The molecule has 1 heterocycles. The van der Waals surface area contributed by atoms with E-state index in [-0.39, 0.29) is 17.0 Å². The zero-order valence-electron chi connectivity index (χ0n) is 7.73. The van der Waals surface area contributed by atoms with Crippen LogP contribution in [0.15, 0.2) is 0 Å². The molecular weight excluding hydrogens is 136 g/mol. The van der Waals surface area contributed by atoms with E-state index in [4.69, 9.17) is 5.26 Å². The number of hydrogen-bond donors (Lipinski definition) is 1. The molecule has 1 unspecified atom stereocenters. The van der Waals surface area contributed by atoms with Crippen LogP contribution < -0.4 is 5.32 Å². The molecular formula is C9H16N2. The fraction of sp³-hybridized carbons (Fsp3) is 0.889. The summed E-state index contributed by atoms with van der Waals surface area (Å²) in [5, 5.41) is 12.3. The molecule has 0 aromatic carbocycles. The molecule has 2 nitrogen and oxygen atoms in total. The first kappa shape index (κ1) is 8.55. The lowest BCUT2D eigenvalue weighted by molar-refractivity contribution is 0.353. The van der Waals surface area contributed by atoms with Gasteiger partial charge in [0, 0.05) is 11.1 Å². The minimum absolute atomic E-state index is 0.0156.